The first-order valence-corrected chi connectivity index (χ1v) is 8.45. The molecule has 1 saturated carbocycles. The van der Waals surface area contributed by atoms with Crippen molar-refractivity contribution in [2.75, 3.05) is 0 Å². The maximum Gasteiger partial charge on any atom is 0.331 e. The van der Waals surface area contributed by atoms with Gasteiger partial charge in [0.2, 0.25) is 5.88 Å². The molecule has 2 heterocycles. The number of nitrogens with one attached hydrogen (secondary N) is 1. The molecule has 1 aliphatic heterocycles. The summed E-state index contributed by atoms with van der Waals surface area (Å²) >= 11 is 0. The van der Waals surface area contributed by atoms with Gasteiger partial charge < -0.3 is 5.11 Å². The highest BCUT2D eigenvalue weighted by molar-refractivity contribution is 5.56. The number of hydrogen-bond acceptors (Lipinski definition) is 5. The van der Waals surface area contributed by atoms with E-state index in [0.29, 0.717) is 16.5 Å². The highest BCUT2D eigenvalue weighted by Crippen LogP contribution is 2.30. The fraction of sp³-hybridized carbons (Fsp3) is 0.333. The first-order valence-electron chi connectivity index (χ1n) is 8.45. The van der Waals surface area contributed by atoms with Gasteiger partial charge in [-0.3, -0.25) is 14.3 Å². The number of aromatic nitrogens is 2. The van der Waals surface area contributed by atoms with Crippen LogP contribution in [0.1, 0.15) is 43.7 Å². The molecule has 1 fully saturated rings. The van der Waals surface area contributed by atoms with E-state index in [1.807, 2.05) is 24.3 Å². The van der Waals surface area contributed by atoms with Crippen molar-refractivity contribution in [3.05, 3.63) is 67.2 Å². The summed E-state index contributed by atoms with van der Waals surface area (Å²) in [5.41, 5.74) is -1.19. The Morgan fingerprint density at radius 2 is 1.72 bits per heavy atom. The quantitative estimate of drug-likeness (QED) is 0.854. The molecule has 0 spiro atoms. The summed E-state index contributed by atoms with van der Waals surface area (Å²) in [7, 11) is 0. The van der Waals surface area contributed by atoms with Gasteiger partial charge in [-0.1, -0.05) is 31.4 Å². The molecule has 0 atom stereocenters. The van der Waals surface area contributed by atoms with Crippen LogP contribution in [0.5, 0.6) is 5.88 Å². The molecule has 25 heavy (non-hydrogen) atoms. The van der Waals surface area contributed by atoms with E-state index in [-0.39, 0.29) is 17.5 Å². The summed E-state index contributed by atoms with van der Waals surface area (Å²) in [5.74, 6) is 0.0188. The van der Waals surface area contributed by atoms with Crippen LogP contribution in [0.25, 0.3) is 6.08 Å². The lowest BCUT2D eigenvalue weighted by atomic mass is 9.95. The van der Waals surface area contributed by atoms with Crippen LogP contribution in [0.2, 0.25) is 0 Å². The number of fused-ring (bicyclic) bond motifs is 1. The van der Waals surface area contributed by atoms with Crippen molar-refractivity contribution in [3.8, 4) is 5.88 Å². The Labute approximate surface area is 142 Å². The third kappa shape index (κ3) is 2.82. The van der Waals surface area contributed by atoms with Gasteiger partial charge in [-0.15, -0.1) is 0 Å². The van der Waals surface area contributed by atoms with Crippen LogP contribution in [-0.2, 0) is 0 Å². The molecule has 4 rings (SSSR count). The van der Waals surface area contributed by atoms with E-state index in [2.05, 4.69) is 15.0 Å². The van der Waals surface area contributed by atoms with Crippen LogP contribution in [0.4, 0.5) is 0 Å². The van der Waals surface area contributed by atoms with Gasteiger partial charge >= 0.3 is 5.69 Å². The van der Waals surface area contributed by atoms with Gasteiger partial charge in [0.1, 0.15) is 5.56 Å². The van der Waals surface area contributed by atoms with Crippen LogP contribution in [0, 0.1) is 0 Å². The predicted molar refractivity (Wildman–Crippen MR) is 91.8 cm³/mol. The van der Waals surface area contributed by atoms with Crippen molar-refractivity contribution >= 4 is 6.08 Å². The average Bonchev–Trinajstić information content (AvgIpc) is 3.02. The zero-order valence-electron chi connectivity index (χ0n) is 13.6. The standard InChI is InChI=1S/C18H18N4O3/c23-16-12(10-15-19-13-8-4-5-9-14(13)20-15)17(24)22(18(25)21-16)11-6-2-1-3-7-11/h4-5,8-11,24H,1-3,6-7H2,(H,21,23,25). The number of H-pyrrole nitrogens is 1. The van der Waals surface area contributed by atoms with Crippen molar-refractivity contribution in [3.63, 3.8) is 0 Å². The summed E-state index contributed by atoms with van der Waals surface area (Å²) in [6.07, 6.45) is 6.19. The third-order valence-electron chi connectivity index (χ3n) is 4.72. The van der Waals surface area contributed by atoms with E-state index in [9.17, 15) is 14.7 Å². The minimum absolute atomic E-state index is 0.0143. The summed E-state index contributed by atoms with van der Waals surface area (Å²) in [6, 6.07) is 7.27. The van der Waals surface area contributed by atoms with Gasteiger partial charge in [0.15, 0.2) is 5.82 Å². The molecule has 7 nitrogen and oxygen atoms in total. The number of aromatic hydroxyl groups is 1. The molecule has 0 radical (unpaired) electrons. The maximum atomic E-state index is 12.2. The van der Waals surface area contributed by atoms with Gasteiger partial charge in [-0.2, -0.15) is 0 Å². The highest BCUT2D eigenvalue weighted by atomic mass is 16.3. The molecule has 2 aliphatic rings. The van der Waals surface area contributed by atoms with Gasteiger partial charge in [-0.25, -0.2) is 14.8 Å². The topological polar surface area (TPSA) is 99.8 Å². The van der Waals surface area contributed by atoms with Gasteiger partial charge in [0, 0.05) is 12.1 Å². The minimum atomic E-state index is -0.636. The maximum absolute atomic E-state index is 12.2. The number of rotatable bonds is 2. The third-order valence-corrected chi connectivity index (χ3v) is 4.72. The molecule has 7 heteroatoms. The molecular formula is C18H18N4O3. The van der Waals surface area contributed by atoms with Crippen LogP contribution < -0.4 is 22.0 Å². The van der Waals surface area contributed by atoms with Crippen molar-refractivity contribution in [2.24, 2.45) is 9.98 Å². The second kappa shape index (κ2) is 6.16. The predicted octanol–water partition coefficient (Wildman–Crippen LogP) is 0.999. The monoisotopic (exact) mass is 338 g/mol. The van der Waals surface area contributed by atoms with E-state index in [4.69, 9.17) is 0 Å². The zero-order valence-corrected chi connectivity index (χ0v) is 13.6. The lowest BCUT2D eigenvalue weighted by Gasteiger charge is -2.24. The van der Waals surface area contributed by atoms with Crippen molar-refractivity contribution in [1.29, 1.82) is 0 Å². The molecular weight excluding hydrogens is 320 g/mol. The normalized spacial score (nSPS) is 16.9. The van der Waals surface area contributed by atoms with E-state index < -0.39 is 11.2 Å². The molecule has 2 aromatic rings. The van der Waals surface area contributed by atoms with Crippen LogP contribution in [0.3, 0.4) is 0 Å². The lowest BCUT2D eigenvalue weighted by Crippen LogP contribution is -2.34. The molecule has 0 saturated heterocycles. The Balaban J connectivity index is 1.83. The molecule has 128 valence electrons. The molecule has 1 aromatic carbocycles. The van der Waals surface area contributed by atoms with Crippen molar-refractivity contribution in [1.82, 2.24) is 9.55 Å². The van der Waals surface area contributed by atoms with Gasteiger partial charge in [-0.05, 0) is 25.0 Å². The summed E-state index contributed by atoms with van der Waals surface area (Å²) in [5, 5.41) is 12.0. The van der Waals surface area contributed by atoms with Gasteiger partial charge in [0.25, 0.3) is 5.56 Å². The largest absolute Gasteiger partial charge is 0.494 e. The van der Waals surface area contributed by atoms with E-state index in [0.717, 1.165) is 32.1 Å². The summed E-state index contributed by atoms with van der Waals surface area (Å²) in [4.78, 5) is 35.4. The molecule has 1 aromatic heterocycles. The number of aromatic amines is 1. The van der Waals surface area contributed by atoms with Crippen molar-refractivity contribution < 1.29 is 5.11 Å². The molecule has 1 aliphatic carbocycles. The smallest absolute Gasteiger partial charge is 0.331 e. The minimum Gasteiger partial charge on any atom is -0.494 e. The van der Waals surface area contributed by atoms with E-state index in [1.165, 1.54) is 10.6 Å². The second-order valence-electron chi connectivity index (χ2n) is 6.37. The Morgan fingerprint density at radius 3 is 2.36 bits per heavy atom. The molecule has 0 bridgehead atoms. The first kappa shape index (κ1) is 15.6. The molecule has 2 N–H and O–H groups in total. The van der Waals surface area contributed by atoms with E-state index in [1.54, 1.807) is 0 Å². The summed E-state index contributed by atoms with van der Waals surface area (Å²) in [6.45, 7) is 0. The number of benzene rings is 1. The number of para-hydroxylation sites is 2. The fourth-order valence-electron chi connectivity index (χ4n) is 3.48. The fourth-order valence-corrected chi connectivity index (χ4v) is 3.48. The Morgan fingerprint density at radius 1 is 1.08 bits per heavy atom. The molecule has 0 amide bonds. The number of hydrogen-bond donors (Lipinski definition) is 2. The Hall–Kier alpha value is -2.96. The SMILES string of the molecule is O=c1[nH]c(=O)n(C2CCCCC2)c(O)c1C=C1N=c2ccccc2=N1. The summed E-state index contributed by atoms with van der Waals surface area (Å²) < 4.78 is 1.30. The number of nitrogens with zero attached hydrogens (tertiary/aromatic N) is 3. The second-order valence-corrected chi connectivity index (χ2v) is 6.37. The lowest BCUT2D eigenvalue weighted by molar-refractivity contribution is 0.298. The highest BCUT2D eigenvalue weighted by Gasteiger charge is 2.22. The van der Waals surface area contributed by atoms with Crippen LogP contribution >= 0.6 is 0 Å². The van der Waals surface area contributed by atoms with Crippen LogP contribution in [0.15, 0.2) is 49.7 Å². The van der Waals surface area contributed by atoms with Gasteiger partial charge in [0.05, 0.1) is 10.7 Å². The van der Waals surface area contributed by atoms with Crippen molar-refractivity contribution in [2.45, 2.75) is 38.1 Å². The van der Waals surface area contributed by atoms with E-state index >= 15 is 0 Å². The zero-order chi connectivity index (χ0) is 17.4. The van der Waals surface area contributed by atoms with Crippen LogP contribution in [-0.4, -0.2) is 14.7 Å². The average molecular weight is 338 g/mol. The first-order chi connectivity index (χ1) is 12.1. The molecule has 0 unspecified atom stereocenters. The Bertz CT molecular complexity index is 1050. The Kier molecular flexibility index (Phi) is 3.83.